The molecule has 0 bridgehead atoms. The smallest absolute Gasteiger partial charge is 0.313 e. The van der Waals surface area contributed by atoms with Gasteiger partial charge >= 0.3 is 17.9 Å². The molecule has 1 rings (SSSR count). The van der Waals surface area contributed by atoms with Gasteiger partial charge in [0.2, 0.25) is 0 Å². The number of ether oxygens (including phenoxy) is 2. The lowest BCUT2D eigenvalue weighted by Crippen LogP contribution is -2.40. The summed E-state index contributed by atoms with van der Waals surface area (Å²) in [5.74, 6) is -5.44. The van der Waals surface area contributed by atoms with Gasteiger partial charge in [0.25, 0.3) is 0 Å². The predicted molar refractivity (Wildman–Crippen MR) is 55.9 cm³/mol. The van der Waals surface area contributed by atoms with Gasteiger partial charge in [-0.15, -0.1) is 0 Å². The molecule has 0 aromatic rings. The summed E-state index contributed by atoms with van der Waals surface area (Å²) in [5.41, 5.74) is 0. The molecule has 1 aliphatic rings. The molecule has 0 radical (unpaired) electrons. The number of hydrogen-bond acceptors (Lipinski definition) is 5. The second-order valence-electron chi connectivity index (χ2n) is 3.71. The molecular weight excluding hydrogens is 228 g/mol. The SMILES string of the molecule is COC(=O)[C@H]1C=CC[C@H](C(=O)OC)[C@H]1C(=O)O. The van der Waals surface area contributed by atoms with Crippen molar-refractivity contribution < 1.29 is 29.0 Å². The van der Waals surface area contributed by atoms with E-state index in [-0.39, 0.29) is 6.42 Å². The molecule has 0 aromatic carbocycles. The van der Waals surface area contributed by atoms with Crippen LogP contribution in [0.1, 0.15) is 6.42 Å². The summed E-state index contributed by atoms with van der Waals surface area (Å²) in [6.45, 7) is 0. The number of hydrogen-bond donors (Lipinski definition) is 1. The van der Waals surface area contributed by atoms with Gasteiger partial charge in [-0.3, -0.25) is 14.4 Å². The Balaban J connectivity index is 3.03. The quantitative estimate of drug-likeness (QED) is 0.562. The summed E-state index contributed by atoms with van der Waals surface area (Å²) in [6.07, 6.45) is 3.31. The van der Waals surface area contributed by atoms with Crippen molar-refractivity contribution in [1.82, 2.24) is 0 Å². The number of carboxylic acid groups (broad SMARTS) is 1. The minimum absolute atomic E-state index is 0.247. The van der Waals surface area contributed by atoms with Crippen LogP contribution >= 0.6 is 0 Å². The van der Waals surface area contributed by atoms with Crippen molar-refractivity contribution in [1.29, 1.82) is 0 Å². The lowest BCUT2D eigenvalue weighted by Gasteiger charge is -2.28. The molecule has 6 nitrogen and oxygen atoms in total. The van der Waals surface area contributed by atoms with Crippen LogP contribution in [0, 0.1) is 17.8 Å². The van der Waals surface area contributed by atoms with Crippen LogP contribution in [0.25, 0.3) is 0 Å². The van der Waals surface area contributed by atoms with Gasteiger partial charge in [0, 0.05) is 0 Å². The highest BCUT2D eigenvalue weighted by Gasteiger charge is 2.44. The molecule has 1 N–H and O–H groups in total. The van der Waals surface area contributed by atoms with E-state index in [9.17, 15) is 14.4 Å². The lowest BCUT2D eigenvalue weighted by atomic mass is 9.75. The maximum atomic E-state index is 11.5. The van der Waals surface area contributed by atoms with Gasteiger partial charge < -0.3 is 14.6 Å². The van der Waals surface area contributed by atoms with Crippen LogP contribution in [0.2, 0.25) is 0 Å². The number of rotatable bonds is 3. The summed E-state index contributed by atoms with van der Waals surface area (Å²) in [7, 11) is 2.36. The molecule has 0 saturated heterocycles. The highest BCUT2D eigenvalue weighted by Crippen LogP contribution is 2.32. The van der Waals surface area contributed by atoms with Gasteiger partial charge in [0.15, 0.2) is 0 Å². The second kappa shape index (κ2) is 5.47. The molecule has 0 fully saturated rings. The fourth-order valence-electron chi connectivity index (χ4n) is 1.97. The van der Waals surface area contributed by atoms with E-state index >= 15 is 0 Å². The zero-order valence-electron chi connectivity index (χ0n) is 9.58. The highest BCUT2D eigenvalue weighted by atomic mass is 16.5. The van der Waals surface area contributed by atoms with E-state index in [0.717, 1.165) is 0 Å². The van der Waals surface area contributed by atoms with Crippen molar-refractivity contribution in [3.8, 4) is 0 Å². The average molecular weight is 242 g/mol. The van der Waals surface area contributed by atoms with Crippen LogP contribution in [0.3, 0.4) is 0 Å². The molecule has 0 heterocycles. The molecule has 6 heteroatoms. The molecule has 0 amide bonds. The van der Waals surface area contributed by atoms with E-state index in [4.69, 9.17) is 5.11 Å². The number of carbonyl (C=O) groups is 3. The molecular formula is C11H14O6. The minimum Gasteiger partial charge on any atom is -0.481 e. The standard InChI is InChI=1S/C11H14O6/c1-16-10(14)6-4-3-5-7(11(15)17-2)8(6)9(12)13/h3-4,6-8H,5H2,1-2H3,(H,12,13)/t6-,7-,8-/m0/s1. The summed E-state index contributed by atoms with van der Waals surface area (Å²) in [6, 6.07) is 0. The lowest BCUT2D eigenvalue weighted by molar-refractivity contribution is -0.163. The Hall–Kier alpha value is -1.85. The fourth-order valence-corrected chi connectivity index (χ4v) is 1.97. The molecule has 94 valence electrons. The van der Waals surface area contributed by atoms with Gasteiger partial charge in [-0.05, 0) is 6.42 Å². The van der Waals surface area contributed by atoms with Crippen LogP contribution in [0.4, 0.5) is 0 Å². The molecule has 3 atom stereocenters. The molecule has 0 saturated carbocycles. The normalized spacial score (nSPS) is 27.3. The zero-order chi connectivity index (χ0) is 13.0. The first-order chi connectivity index (χ1) is 8.02. The van der Waals surface area contributed by atoms with Crippen molar-refractivity contribution in [2.24, 2.45) is 17.8 Å². The van der Waals surface area contributed by atoms with Gasteiger partial charge in [0.1, 0.15) is 0 Å². The van der Waals surface area contributed by atoms with E-state index in [1.165, 1.54) is 20.3 Å². The van der Waals surface area contributed by atoms with E-state index < -0.39 is 35.7 Å². The summed E-state index contributed by atoms with van der Waals surface area (Å²) in [4.78, 5) is 34.1. The Morgan fingerprint density at radius 3 is 2.24 bits per heavy atom. The van der Waals surface area contributed by atoms with Crippen LogP contribution in [-0.2, 0) is 23.9 Å². The zero-order valence-corrected chi connectivity index (χ0v) is 9.58. The fraction of sp³-hybridized carbons (Fsp3) is 0.545. The van der Waals surface area contributed by atoms with Crippen LogP contribution in [-0.4, -0.2) is 37.2 Å². The number of aliphatic carboxylic acids is 1. The van der Waals surface area contributed by atoms with Gasteiger partial charge in [-0.1, -0.05) is 12.2 Å². The first-order valence-electron chi connectivity index (χ1n) is 5.08. The van der Waals surface area contributed by atoms with E-state index in [2.05, 4.69) is 9.47 Å². The molecule has 0 spiro atoms. The molecule has 0 aliphatic heterocycles. The van der Waals surface area contributed by atoms with Crippen LogP contribution in [0.5, 0.6) is 0 Å². The van der Waals surface area contributed by atoms with Crippen molar-refractivity contribution in [3.63, 3.8) is 0 Å². The average Bonchev–Trinajstić information content (AvgIpc) is 2.35. The molecule has 17 heavy (non-hydrogen) atoms. The third kappa shape index (κ3) is 2.64. The Labute approximate surface area is 98.2 Å². The Morgan fingerprint density at radius 1 is 1.18 bits per heavy atom. The largest absolute Gasteiger partial charge is 0.481 e. The first-order valence-corrected chi connectivity index (χ1v) is 5.08. The monoisotopic (exact) mass is 242 g/mol. The second-order valence-corrected chi connectivity index (χ2v) is 3.71. The summed E-state index contributed by atoms with van der Waals surface area (Å²) in [5, 5.41) is 9.12. The molecule has 0 aromatic heterocycles. The topological polar surface area (TPSA) is 89.9 Å². The Kier molecular flexibility index (Phi) is 4.25. The first kappa shape index (κ1) is 13.2. The molecule has 0 unspecified atom stereocenters. The Bertz CT molecular complexity index is 359. The predicted octanol–water partition coefficient (Wildman–Crippen LogP) is 0.225. The van der Waals surface area contributed by atoms with E-state index in [1.807, 2.05) is 0 Å². The van der Waals surface area contributed by atoms with Crippen LogP contribution < -0.4 is 0 Å². The van der Waals surface area contributed by atoms with Gasteiger partial charge in [-0.25, -0.2) is 0 Å². The minimum atomic E-state index is -1.21. The van der Waals surface area contributed by atoms with Crippen molar-refractivity contribution >= 4 is 17.9 Å². The number of allylic oxidation sites excluding steroid dienone is 1. The Morgan fingerprint density at radius 2 is 1.76 bits per heavy atom. The summed E-state index contributed by atoms with van der Waals surface area (Å²) < 4.78 is 9.07. The van der Waals surface area contributed by atoms with Crippen molar-refractivity contribution in [2.45, 2.75) is 6.42 Å². The summed E-state index contributed by atoms with van der Waals surface area (Å²) >= 11 is 0. The van der Waals surface area contributed by atoms with Gasteiger partial charge in [-0.2, -0.15) is 0 Å². The maximum Gasteiger partial charge on any atom is 0.313 e. The van der Waals surface area contributed by atoms with E-state index in [1.54, 1.807) is 6.08 Å². The van der Waals surface area contributed by atoms with Crippen LogP contribution in [0.15, 0.2) is 12.2 Å². The molecule has 1 aliphatic carbocycles. The van der Waals surface area contributed by atoms with Crippen molar-refractivity contribution in [3.05, 3.63) is 12.2 Å². The highest BCUT2D eigenvalue weighted by molar-refractivity contribution is 5.88. The number of carbonyl (C=O) groups excluding carboxylic acids is 2. The maximum absolute atomic E-state index is 11.5. The van der Waals surface area contributed by atoms with E-state index in [0.29, 0.717) is 0 Å². The van der Waals surface area contributed by atoms with Gasteiger partial charge in [0.05, 0.1) is 32.0 Å². The number of carboxylic acids is 1. The number of esters is 2. The number of methoxy groups -OCH3 is 2. The third-order valence-electron chi connectivity index (χ3n) is 2.82. The van der Waals surface area contributed by atoms with Crippen molar-refractivity contribution in [2.75, 3.05) is 14.2 Å². The third-order valence-corrected chi connectivity index (χ3v) is 2.82.